The molecule has 0 aliphatic heterocycles. The highest BCUT2D eigenvalue weighted by molar-refractivity contribution is 6.30. The van der Waals surface area contributed by atoms with E-state index in [0.717, 1.165) is 6.54 Å². The van der Waals surface area contributed by atoms with Gasteiger partial charge in [0.15, 0.2) is 0 Å². The quantitative estimate of drug-likeness (QED) is 0.849. The van der Waals surface area contributed by atoms with E-state index in [1.165, 1.54) is 12.1 Å². The van der Waals surface area contributed by atoms with Gasteiger partial charge in [-0.2, -0.15) is 0 Å². The molecule has 0 saturated heterocycles. The summed E-state index contributed by atoms with van der Waals surface area (Å²) in [4.78, 5) is 0. The number of benzene rings is 1. The van der Waals surface area contributed by atoms with E-state index in [9.17, 15) is 4.39 Å². The predicted molar refractivity (Wildman–Crippen MR) is 73.8 cm³/mol. The smallest absolute Gasteiger partial charge is 0.142 e. The molecule has 0 aliphatic carbocycles. The fraction of sp³-hybridized carbons (Fsp3) is 0.571. The fourth-order valence-corrected chi connectivity index (χ4v) is 1.55. The minimum absolute atomic E-state index is 0.00509. The third kappa shape index (κ3) is 5.23. The van der Waals surface area contributed by atoms with Gasteiger partial charge in [0.05, 0.1) is 11.6 Å². The van der Waals surface area contributed by atoms with Crippen molar-refractivity contribution in [2.24, 2.45) is 5.41 Å². The van der Waals surface area contributed by atoms with Crippen molar-refractivity contribution < 1.29 is 9.13 Å². The van der Waals surface area contributed by atoms with Gasteiger partial charge in [0.1, 0.15) is 11.6 Å². The molecule has 2 nitrogen and oxygen atoms in total. The van der Waals surface area contributed by atoms with Crippen molar-refractivity contribution in [3.05, 3.63) is 29.0 Å². The molecule has 1 N–H and O–H groups in total. The van der Waals surface area contributed by atoms with Crippen molar-refractivity contribution in [2.45, 2.75) is 33.7 Å². The summed E-state index contributed by atoms with van der Waals surface area (Å²) in [5.41, 5.74) is 0.00509. The lowest BCUT2D eigenvalue weighted by Gasteiger charge is -2.26. The van der Waals surface area contributed by atoms with Crippen LogP contribution in [0.3, 0.4) is 0 Å². The van der Waals surface area contributed by atoms with Gasteiger partial charge in [0, 0.05) is 24.1 Å². The number of hydrogen-bond acceptors (Lipinski definition) is 2. The first-order valence-corrected chi connectivity index (χ1v) is 6.49. The molecule has 0 unspecified atom stereocenters. The lowest BCUT2D eigenvalue weighted by molar-refractivity contribution is 0.173. The number of hydrogen-bond donors (Lipinski definition) is 1. The second-order valence-corrected chi connectivity index (χ2v) is 5.97. The first-order valence-electron chi connectivity index (χ1n) is 6.11. The summed E-state index contributed by atoms with van der Waals surface area (Å²) in [5.74, 6) is 0.170. The van der Waals surface area contributed by atoms with Crippen LogP contribution in [0.15, 0.2) is 18.2 Å². The third-order valence-electron chi connectivity index (χ3n) is 2.51. The minimum Gasteiger partial charge on any atom is -0.493 e. The van der Waals surface area contributed by atoms with Crippen LogP contribution in [0.2, 0.25) is 5.02 Å². The number of ether oxygens (including phenoxy) is 1. The highest BCUT2D eigenvalue weighted by atomic mass is 35.5. The lowest BCUT2D eigenvalue weighted by atomic mass is 9.94. The maximum Gasteiger partial charge on any atom is 0.142 e. The van der Waals surface area contributed by atoms with Gasteiger partial charge in [0.2, 0.25) is 0 Å². The van der Waals surface area contributed by atoms with E-state index < -0.39 is 5.82 Å². The van der Waals surface area contributed by atoms with E-state index in [-0.39, 0.29) is 10.4 Å². The molecule has 0 radical (unpaired) electrons. The van der Waals surface area contributed by atoms with Gasteiger partial charge in [0.25, 0.3) is 0 Å². The normalized spacial score (nSPS) is 11.9. The van der Waals surface area contributed by atoms with E-state index in [4.69, 9.17) is 16.3 Å². The zero-order valence-corrected chi connectivity index (χ0v) is 12.1. The molecule has 0 atom stereocenters. The zero-order valence-electron chi connectivity index (χ0n) is 11.4. The summed E-state index contributed by atoms with van der Waals surface area (Å²) in [6.07, 6.45) is 0. The SMILES string of the molecule is CC(C)NCC(C)(C)COc1ccc(F)c(Cl)c1. The maximum atomic E-state index is 13.0. The molecule has 18 heavy (non-hydrogen) atoms. The molecule has 0 aliphatic rings. The monoisotopic (exact) mass is 273 g/mol. The van der Waals surface area contributed by atoms with Gasteiger partial charge in [-0.3, -0.25) is 0 Å². The molecule has 102 valence electrons. The molecule has 0 bridgehead atoms. The number of nitrogens with one attached hydrogen (secondary N) is 1. The Morgan fingerprint density at radius 1 is 1.39 bits per heavy atom. The lowest BCUT2D eigenvalue weighted by Crippen LogP contribution is -2.37. The summed E-state index contributed by atoms with van der Waals surface area (Å²) in [6.45, 7) is 9.86. The second-order valence-electron chi connectivity index (χ2n) is 5.56. The van der Waals surface area contributed by atoms with Crippen LogP contribution in [0.4, 0.5) is 4.39 Å². The Hall–Kier alpha value is -0.800. The number of rotatable bonds is 6. The van der Waals surface area contributed by atoms with Crippen molar-refractivity contribution in [2.75, 3.05) is 13.2 Å². The summed E-state index contributed by atoms with van der Waals surface area (Å²) < 4.78 is 18.6. The molecular weight excluding hydrogens is 253 g/mol. The van der Waals surface area contributed by atoms with Crippen LogP contribution in [0.25, 0.3) is 0 Å². The van der Waals surface area contributed by atoms with Crippen LogP contribution in [0.1, 0.15) is 27.7 Å². The van der Waals surface area contributed by atoms with E-state index >= 15 is 0 Å². The highest BCUT2D eigenvalue weighted by Gasteiger charge is 2.19. The van der Waals surface area contributed by atoms with Gasteiger partial charge < -0.3 is 10.1 Å². The Balaban J connectivity index is 2.50. The Kier molecular flexibility index (Phi) is 5.42. The molecule has 1 aromatic rings. The van der Waals surface area contributed by atoms with Crippen molar-refractivity contribution in [1.29, 1.82) is 0 Å². The molecule has 4 heteroatoms. The van der Waals surface area contributed by atoms with E-state index in [0.29, 0.717) is 18.4 Å². The Bertz CT molecular complexity index is 393. The zero-order chi connectivity index (χ0) is 13.8. The topological polar surface area (TPSA) is 21.3 Å². The van der Waals surface area contributed by atoms with Gasteiger partial charge in [-0.1, -0.05) is 39.3 Å². The van der Waals surface area contributed by atoms with Gasteiger partial charge in [-0.25, -0.2) is 4.39 Å². The van der Waals surface area contributed by atoms with Crippen LogP contribution in [-0.4, -0.2) is 19.2 Å². The van der Waals surface area contributed by atoms with Crippen molar-refractivity contribution in [3.8, 4) is 5.75 Å². The molecule has 0 aromatic heterocycles. The molecule has 0 amide bonds. The first-order chi connectivity index (χ1) is 8.30. The number of halogens is 2. The summed E-state index contributed by atoms with van der Waals surface area (Å²) in [7, 11) is 0. The Morgan fingerprint density at radius 2 is 2.06 bits per heavy atom. The molecular formula is C14H21ClFNO. The average Bonchev–Trinajstić information content (AvgIpc) is 2.28. The largest absolute Gasteiger partial charge is 0.493 e. The van der Waals surface area contributed by atoms with Crippen LogP contribution in [-0.2, 0) is 0 Å². The van der Waals surface area contributed by atoms with Crippen molar-refractivity contribution in [1.82, 2.24) is 5.32 Å². The molecule has 1 aromatic carbocycles. The summed E-state index contributed by atoms with van der Waals surface area (Å²) in [6, 6.07) is 4.86. The highest BCUT2D eigenvalue weighted by Crippen LogP contribution is 2.23. The maximum absolute atomic E-state index is 13.0. The van der Waals surface area contributed by atoms with Crippen LogP contribution in [0, 0.1) is 11.2 Å². The van der Waals surface area contributed by atoms with Crippen LogP contribution >= 0.6 is 11.6 Å². The predicted octanol–water partition coefficient (Wildman–Crippen LogP) is 3.88. The van der Waals surface area contributed by atoms with Gasteiger partial charge in [-0.05, 0) is 12.1 Å². The molecule has 0 spiro atoms. The van der Waals surface area contributed by atoms with E-state index in [2.05, 4.69) is 33.0 Å². The van der Waals surface area contributed by atoms with E-state index in [1.54, 1.807) is 6.07 Å². The fourth-order valence-electron chi connectivity index (χ4n) is 1.38. The third-order valence-corrected chi connectivity index (χ3v) is 2.80. The van der Waals surface area contributed by atoms with Gasteiger partial charge in [-0.15, -0.1) is 0 Å². The van der Waals surface area contributed by atoms with Crippen molar-refractivity contribution in [3.63, 3.8) is 0 Å². The molecule has 0 heterocycles. The standard InChI is InChI=1S/C14H21ClFNO/c1-10(2)17-8-14(3,4)9-18-11-5-6-13(16)12(15)7-11/h5-7,10,17H,8-9H2,1-4H3. The Morgan fingerprint density at radius 3 is 2.61 bits per heavy atom. The van der Waals surface area contributed by atoms with Gasteiger partial charge >= 0.3 is 0 Å². The van der Waals surface area contributed by atoms with Crippen LogP contribution in [0.5, 0.6) is 5.75 Å². The minimum atomic E-state index is -0.426. The average molecular weight is 274 g/mol. The first kappa shape index (κ1) is 15.3. The van der Waals surface area contributed by atoms with E-state index in [1.807, 2.05) is 0 Å². The summed E-state index contributed by atoms with van der Waals surface area (Å²) >= 11 is 5.70. The molecule has 1 rings (SSSR count). The molecule has 0 fully saturated rings. The second kappa shape index (κ2) is 6.39. The van der Waals surface area contributed by atoms with Crippen molar-refractivity contribution >= 4 is 11.6 Å². The molecule has 0 saturated carbocycles. The Labute approximate surface area is 113 Å². The van der Waals surface area contributed by atoms with Crippen LogP contribution < -0.4 is 10.1 Å². The summed E-state index contributed by atoms with van der Waals surface area (Å²) in [5, 5.41) is 3.46.